The van der Waals surface area contributed by atoms with Crippen LogP contribution < -0.4 is 9.64 Å². The van der Waals surface area contributed by atoms with Gasteiger partial charge in [-0.3, -0.25) is 4.90 Å². The number of fused-ring (bicyclic) bond motifs is 1. The molecular weight excluding hydrogens is 383 g/mol. The number of phenolic OH excluding ortho intramolecular Hbond substituents is 1. The van der Waals surface area contributed by atoms with E-state index in [4.69, 9.17) is 4.74 Å². The third-order valence-electron chi connectivity index (χ3n) is 5.63. The molecule has 2 N–H and O–H groups in total. The van der Waals surface area contributed by atoms with Crippen LogP contribution in [-0.4, -0.2) is 60.5 Å². The van der Waals surface area contributed by atoms with Crippen molar-refractivity contribution in [1.82, 2.24) is 4.90 Å². The number of aromatic hydroxyl groups is 1. The van der Waals surface area contributed by atoms with Crippen molar-refractivity contribution in [2.75, 3.05) is 44.2 Å². The Morgan fingerprint density at radius 1 is 1.00 bits per heavy atom. The summed E-state index contributed by atoms with van der Waals surface area (Å²) in [5.41, 5.74) is 1.37. The van der Waals surface area contributed by atoms with Crippen molar-refractivity contribution in [3.63, 3.8) is 0 Å². The minimum atomic E-state index is -0.641. The Labute approximate surface area is 175 Å². The summed E-state index contributed by atoms with van der Waals surface area (Å²) in [5.74, 6) is 0.714. The maximum atomic E-state index is 14.0. The molecule has 6 heteroatoms. The fourth-order valence-corrected chi connectivity index (χ4v) is 4.00. The lowest BCUT2D eigenvalue weighted by molar-refractivity contribution is 0.0667. The average molecular weight is 410 g/mol. The smallest absolute Gasteiger partial charge is 0.146 e. The molecule has 0 saturated carbocycles. The minimum Gasteiger partial charge on any atom is -0.507 e. The third kappa shape index (κ3) is 4.35. The Morgan fingerprint density at radius 3 is 2.40 bits per heavy atom. The first kappa shape index (κ1) is 20.4. The largest absolute Gasteiger partial charge is 0.507 e. The number of phenols is 1. The second kappa shape index (κ2) is 8.90. The Hall–Kier alpha value is -2.83. The predicted molar refractivity (Wildman–Crippen MR) is 117 cm³/mol. The van der Waals surface area contributed by atoms with Gasteiger partial charge < -0.3 is 19.8 Å². The van der Waals surface area contributed by atoms with Crippen LogP contribution in [0.4, 0.5) is 10.1 Å². The van der Waals surface area contributed by atoms with Crippen LogP contribution >= 0.6 is 0 Å². The maximum Gasteiger partial charge on any atom is 0.146 e. The van der Waals surface area contributed by atoms with E-state index in [-0.39, 0.29) is 18.2 Å². The molecule has 1 fully saturated rings. The highest BCUT2D eigenvalue weighted by molar-refractivity contribution is 5.94. The number of hydrogen-bond donors (Lipinski definition) is 2. The molecule has 1 unspecified atom stereocenters. The van der Waals surface area contributed by atoms with E-state index in [1.807, 2.05) is 42.2 Å². The number of ether oxygens (including phenoxy) is 1. The van der Waals surface area contributed by atoms with Gasteiger partial charge in [-0.25, -0.2) is 4.39 Å². The number of nitrogens with zero attached hydrogens (tertiary/aromatic N) is 2. The molecule has 5 nitrogen and oxygen atoms in total. The van der Waals surface area contributed by atoms with Crippen molar-refractivity contribution in [2.45, 2.75) is 13.0 Å². The lowest BCUT2D eigenvalue weighted by Gasteiger charge is -2.37. The Bertz CT molecular complexity index is 1020. The molecule has 1 heterocycles. The average Bonchev–Trinajstić information content (AvgIpc) is 2.76. The van der Waals surface area contributed by atoms with Crippen molar-refractivity contribution in [3.05, 3.63) is 66.0 Å². The summed E-state index contributed by atoms with van der Waals surface area (Å²) in [4.78, 5) is 4.21. The van der Waals surface area contributed by atoms with Gasteiger partial charge in [0, 0.05) is 43.5 Å². The molecule has 4 rings (SSSR count). The normalized spacial score (nSPS) is 16.0. The summed E-state index contributed by atoms with van der Waals surface area (Å²) in [6, 6.07) is 16.2. The van der Waals surface area contributed by atoms with E-state index in [9.17, 15) is 14.6 Å². The van der Waals surface area contributed by atoms with E-state index in [0.717, 1.165) is 42.5 Å². The van der Waals surface area contributed by atoms with Gasteiger partial charge in [-0.1, -0.05) is 36.4 Å². The summed E-state index contributed by atoms with van der Waals surface area (Å²) < 4.78 is 19.9. The highest BCUT2D eigenvalue weighted by Gasteiger charge is 2.21. The molecule has 30 heavy (non-hydrogen) atoms. The number of para-hydroxylation sites is 1. The summed E-state index contributed by atoms with van der Waals surface area (Å²) in [7, 11) is 0. The van der Waals surface area contributed by atoms with Gasteiger partial charge >= 0.3 is 0 Å². The van der Waals surface area contributed by atoms with Crippen LogP contribution in [0, 0.1) is 12.7 Å². The summed E-state index contributed by atoms with van der Waals surface area (Å²) in [6.07, 6.45) is -0.641. The first-order chi connectivity index (χ1) is 14.5. The van der Waals surface area contributed by atoms with E-state index in [1.165, 1.54) is 6.07 Å². The second-order valence-corrected chi connectivity index (χ2v) is 7.79. The highest BCUT2D eigenvalue weighted by atomic mass is 19.1. The monoisotopic (exact) mass is 410 g/mol. The molecular formula is C24H27FN2O3. The number of hydrogen-bond acceptors (Lipinski definition) is 5. The van der Waals surface area contributed by atoms with Crippen molar-refractivity contribution in [2.24, 2.45) is 0 Å². The molecule has 0 bridgehead atoms. The minimum absolute atomic E-state index is 0.168. The molecule has 1 aliphatic heterocycles. The second-order valence-electron chi connectivity index (χ2n) is 7.79. The van der Waals surface area contributed by atoms with Gasteiger partial charge in [-0.15, -0.1) is 0 Å². The number of rotatable bonds is 6. The van der Waals surface area contributed by atoms with Gasteiger partial charge in [-0.05, 0) is 30.7 Å². The van der Waals surface area contributed by atoms with Gasteiger partial charge in [0.2, 0.25) is 0 Å². The lowest BCUT2D eigenvalue weighted by Crippen LogP contribution is -2.49. The number of benzene rings is 3. The molecule has 0 radical (unpaired) electrons. The number of anilines is 1. The topological polar surface area (TPSA) is 56.2 Å². The van der Waals surface area contributed by atoms with Gasteiger partial charge in [0.1, 0.15) is 30.0 Å². The molecule has 1 saturated heterocycles. The van der Waals surface area contributed by atoms with E-state index >= 15 is 0 Å². The van der Waals surface area contributed by atoms with Crippen LogP contribution in [0.5, 0.6) is 11.5 Å². The van der Waals surface area contributed by atoms with E-state index in [1.54, 1.807) is 18.2 Å². The van der Waals surface area contributed by atoms with Gasteiger partial charge in [0.05, 0.1) is 5.69 Å². The van der Waals surface area contributed by atoms with E-state index < -0.39 is 6.10 Å². The van der Waals surface area contributed by atoms with E-state index in [2.05, 4.69) is 4.90 Å². The summed E-state index contributed by atoms with van der Waals surface area (Å²) in [6.45, 7) is 5.45. The van der Waals surface area contributed by atoms with Crippen LogP contribution in [0.15, 0.2) is 54.6 Å². The molecule has 0 aromatic heterocycles. The van der Waals surface area contributed by atoms with Gasteiger partial charge in [0.15, 0.2) is 0 Å². The standard InChI is InChI=1S/C24H27FN2O3/c1-17-14-23(19-6-2-3-7-20(19)24(17)29)30-16-18(28)15-26-10-12-27(13-11-26)22-9-5-4-8-21(22)25/h2-9,14,18,28-29H,10-13,15-16H2,1H3. The first-order valence-corrected chi connectivity index (χ1v) is 10.3. The molecule has 3 aromatic rings. The molecule has 1 aliphatic rings. The van der Waals surface area contributed by atoms with Crippen LogP contribution in [0.2, 0.25) is 0 Å². The third-order valence-corrected chi connectivity index (χ3v) is 5.63. The SMILES string of the molecule is Cc1cc(OCC(O)CN2CCN(c3ccccc3F)CC2)c2ccccc2c1O. The fraction of sp³-hybridized carbons (Fsp3) is 0.333. The zero-order chi connectivity index (χ0) is 21.1. The molecule has 158 valence electrons. The Kier molecular flexibility index (Phi) is 6.06. The molecule has 1 atom stereocenters. The lowest BCUT2D eigenvalue weighted by atomic mass is 10.0. The van der Waals surface area contributed by atoms with Crippen molar-refractivity contribution < 1.29 is 19.3 Å². The number of piperazine rings is 1. The van der Waals surface area contributed by atoms with Crippen molar-refractivity contribution in [1.29, 1.82) is 0 Å². The Morgan fingerprint density at radius 2 is 1.67 bits per heavy atom. The molecule has 0 aliphatic carbocycles. The van der Waals surface area contributed by atoms with Crippen LogP contribution in [0.25, 0.3) is 10.8 Å². The zero-order valence-corrected chi connectivity index (χ0v) is 17.1. The molecule has 0 spiro atoms. The van der Waals surface area contributed by atoms with Gasteiger partial charge in [0.25, 0.3) is 0 Å². The Balaban J connectivity index is 1.32. The highest BCUT2D eigenvalue weighted by Crippen LogP contribution is 2.35. The number of aryl methyl sites for hydroxylation is 1. The van der Waals surface area contributed by atoms with Gasteiger partial charge in [-0.2, -0.15) is 0 Å². The fourth-order valence-electron chi connectivity index (χ4n) is 4.00. The quantitative estimate of drug-likeness (QED) is 0.651. The van der Waals surface area contributed by atoms with Crippen LogP contribution in [-0.2, 0) is 0 Å². The number of aliphatic hydroxyl groups is 1. The van der Waals surface area contributed by atoms with Crippen LogP contribution in [0.1, 0.15) is 5.56 Å². The van der Waals surface area contributed by atoms with Crippen LogP contribution in [0.3, 0.4) is 0 Å². The van der Waals surface area contributed by atoms with Crippen molar-refractivity contribution >= 4 is 16.5 Å². The molecule has 3 aromatic carbocycles. The number of β-amino-alcohol motifs (C(OH)–C–C–N with tert-alkyl or cyclic N) is 1. The summed E-state index contributed by atoms with van der Waals surface area (Å²) >= 11 is 0. The van der Waals surface area contributed by atoms with Crippen molar-refractivity contribution in [3.8, 4) is 11.5 Å². The number of aliphatic hydroxyl groups excluding tert-OH is 1. The predicted octanol–water partition coefficient (Wildman–Crippen LogP) is 3.55. The number of halogens is 1. The molecule has 0 amide bonds. The summed E-state index contributed by atoms with van der Waals surface area (Å²) in [5, 5.41) is 22.3. The van der Waals surface area contributed by atoms with E-state index in [0.29, 0.717) is 18.0 Å². The zero-order valence-electron chi connectivity index (χ0n) is 17.1. The first-order valence-electron chi connectivity index (χ1n) is 10.3. The maximum absolute atomic E-state index is 14.0.